The van der Waals surface area contributed by atoms with Crippen molar-refractivity contribution < 1.29 is 27.5 Å². The van der Waals surface area contributed by atoms with Crippen molar-refractivity contribution in [3.05, 3.63) is 53.6 Å². The van der Waals surface area contributed by atoms with E-state index in [0.717, 1.165) is 0 Å². The topological polar surface area (TPSA) is 119 Å². The number of ether oxygens (including phenoxy) is 2. The first-order valence-electron chi connectivity index (χ1n) is 9.63. The van der Waals surface area contributed by atoms with Gasteiger partial charge in [0.2, 0.25) is 15.9 Å². The molecule has 1 aliphatic rings. The molecule has 1 heterocycles. The van der Waals surface area contributed by atoms with Crippen molar-refractivity contribution >= 4 is 21.8 Å². The van der Waals surface area contributed by atoms with Crippen LogP contribution >= 0.6 is 0 Å². The third kappa shape index (κ3) is 5.53. The fourth-order valence-electron chi connectivity index (χ4n) is 3.36. The van der Waals surface area contributed by atoms with Crippen LogP contribution in [0.5, 0.6) is 11.5 Å². The lowest BCUT2D eigenvalue weighted by Gasteiger charge is -2.35. The summed E-state index contributed by atoms with van der Waals surface area (Å²) in [4.78, 5) is 28.9. The summed E-state index contributed by atoms with van der Waals surface area (Å²) in [6.45, 7) is 1.66. The highest BCUT2D eigenvalue weighted by atomic mass is 32.2. The number of sulfonamides is 1. The second-order valence-corrected chi connectivity index (χ2v) is 8.70. The highest BCUT2D eigenvalue weighted by Gasteiger charge is 2.25. The van der Waals surface area contributed by atoms with E-state index >= 15 is 0 Å². The first kappa shape index (κ1) is 22.6. The minimum absolute atomic E-state index is 0.00463. The number of benzene rings is 2. The molecule has 0 aromatic heterocycles. The number of nitrogens with zero attached hydrogens (tertiary/aromatic N) is 2. The Morgan fingerprint density at radius 2 is 1.42 bits per heavy atom. The number of hydrogen-bond donors (Lipinski definition) is 1. The molecule has 3 rings (SSSR count). The number of carbonyl (C=O) groups excluding carboxylic acids is 2. The standard InChI is InChI=1S/C21H25N3O6S/c1-29-17-12-16(13-18(14-17)30-2)21(26)24-9-7-23(8-10-24)20(25)11-15-3-5-19(6-4-15)31(22,27)28/h3-6,12-14H,7-11H2,1-2H3,(H2,22,27,28). The minimum atomic E-state index is -3.76. The van der Waals surface area contributed by atoms with E-state index in [0.29, 0.717) is 48.8 Å². The van der Waals surface area contributed by atoms with Crippen molar-refractivity contribution in [2.24, 2.45) is 5.14 Å². The smallest absolute Gasteiger partial charge is 0.254 e. The second-order valence-electron chi connectivity index (χ2n) is 7.14. The van der Waals surface area contributed by atoms with E-state index in [1.165, 1.54) is 26.4 Å². The first-order valence-corrected chi connectivity index (χ1v) is 11.2. The van der Waals surface area contributed by atoms with Crippen LogP contribution in [0.2, 0.25) is 0 Å². The Labute approximate surface area is 181 Å². The normalized spacial score (nSPS) is 14.3. The van der Waals surface area contributed by atoms with E-state index in [1.807, 2.05) is 0 Å². The van der Waals surface area contributed by atoms with Gasteiger partial charge in [0.15, 0.2) is 0 Å². The van der Waals surface area contributed by atoms with Crippen molar-refractivity contribution in [1.82, 2.24) is 9.80 Å². The van der Waals surface area contributed by atoms with Crippen molar-refractivity contribution in [2.75, 3.05) is 40.4 Å². The fraction of sp³-hybridized carbons (Fsp3) is 0.333. The molecule has 10 heteroatoms. The van der Waals surface area contributed by atoms with Gasteiger partial charge in [-0.25, -0.2) is 13.6 Å². The van der Waals surface area contributed by atoms with E-state index in [4.69, 9.17) is 14.6 Å². The lowest BCUT2D eigenvalue weighted by Crippen LogP contribution is -2.51. The maximum Gasteiger partial charge on any atom is 0.254 e. The zero-order valence-electron chi connectivity index (χ0n) is 17.4. The lowest BCUT2D eigenvalue weighted by molar-refractivity contribution is -0.131. The maximum absolute atomic E-state index is 12.9. The number of rotatable bonds is 6. The summed E-state index contributed by atoms with van der Waals surface area (Å²) < 4.78 is 33.1. The second kappa shape index (κ2) is 9.36. The molecule has 0 saturated carbocycles. The number of amides is 2. The molecule has 9 nitrogen and oxygen atoms in total. The summed E-state index contributed by atoms with van der Waals surface area (Å²) in [5.74, 6) is 0.830. The Morgan fingerprint density at radius 3 is 1.90 bits per heavy atom. The van der Waals surface area contributed by atoms with Crippen LogP contribution in [0.3, 0.4) is 0 Å². The van der Waals surface area contributed by atoms with Crippen LogP contribution < -0.4 is 14.6 Å². The van der Waals surface area contributed by atoms with Crippen LogP contribution in [0, 0.1) is 0 Å². The average Bonchev–Trinajstić information content (AvgIpc) is 2.78. The van der Waals surface area contributed by atoms with Crippen molar-refractivity contribution in [2.45, 2.75) is 11.3 Å². The van der Waals surface area contributed by atoms with Gasteiger partial charge in [-0.1, -0.05) is 12.1 Å². The van der Waals surface area contributed by atoms with Crippen LogP contribution in [0.4, 0.5) is 0 Å². The number of piperazine rings is 1. The van der Waals surface area contributed by atoms with E-state index in [1.54, 1.807) is 40.1 Å². The Bertz CT molecular complexity index is 1040. The molecule has 2 aromatic rings. The average molecular weight is 448 g/mol. The number of primary sulfonamides is 1. The number of carbonyl (C=O) groups is 2. The SMILES string of the molecule is COc1cc(OC)cc(C(=O)N2CCN(C(=O)Cc3ccc(S(N)(=O)=O)cc3)CC2)c1. The van der Waals surface area contributed by atoms with Crippen molar-refractivity contribution in [3.8, 4) is 11.5 Å². The summed E-state index contributed by atoms with van der Waals surface area (Å²) in [5, 5.41) is 5.09. The Morgan fingerprint density at radius 1 is 0.903 bits per heavy atom. The molecule has 2 N–H and O–H groups in total. The molecule has 0 radical (unpaired) electrons. The zero-order valence-corrected chi connectivity index (χ0v) is 18.2. The van der Waals surface area contributed by atoms with Crippen LogP contribution in [0.15, 0.2) is 47.4 Å². The molecule has 1 aliphatic heterocycles. The fourth-order valence-corrected chi connectivity index (χ4v) is 3.87. The molecule has 166 valence electrons. The van der Waals surface area contributed by atoms with Gasteiger partial charge in [-0.2, -0.15) is 0 Å². The molecule has 1 saturated heterocycles. The number of hydrogen-bond acceptors (Lipinski definition) is 6. The first-order chi connectivity index (χ1) is 14.7. The molecule has 0 spiro atoms. The van der Waals surface area contributed by atoms with Gasteiger partial charge in [0, 0.05) is 37.8 Å². The van der Waals surface area contributed by atoms with Gasteiger partial charge in [-0.05, 0) is 29.8 Å². The summed E-state index contributed by atoms with van der Waals surface area (Å²) in [7, 11) is -0.716. The quantitative estimate of drug-likeness (QED) is 0.702. The molecular formula is C21H25N3O6S. The molecular weight excluding hydrogens is 422 g/mol. The van der Waals surface area contributed by atoms with Crippen LogP contribution in [-0.2, 0) is 21.2 Å². The van der Waals surface area contributed by atoms with Crippen LogP contribution in [-0.4, -0.2) is 70.4 Å². The molecule has 0 aliphatic carbocycles. The molecule has 1 fully saturated rings. The van der Waals surface area contributed by atoms with Crippen LogP contribution in [0.1, 0.15) is 15.9 Å². The van der Waals surface area contributed by atoms with Gasteiger partial charge in [-0.15, -0.1) is 0 Å². The third-order valence-corrected chi connectivity index (χ3v) is 6.05. The van der Waals surface area contributed by atoms with E-state index in [-0.39, 0.29) is 23.1 Å². The molecule has 0 bridgehead atoms. The van der Waals surface area contributed by atoms with Crippen molar-refractivity contribution in [3.63, 3.8) is 0 Å². The van der Waals surface area contributed by atoms with E-state index in [2.05, 4.69) is 0 Å². The van der Waals surface area contributed by atoms with Gasteiger partial charge in [0.1, 0.15) is 11.5 Å². The lowest BCUT2D eigenvalue weighted by atomic mass is 10.1. The highest BCUT2D eigenvalue weighted by molar-refractivity contribution is 7.89. The third-order valence-electron chi connectivity index (χ3n) is 5.13. The molecule has 31 heavy (non-hydrogen) atoms. The van der Waals surface area contributed by atoms with Crippen LogP contribution in [0.25, 0.3) is 0 Å². The predicted molar refractivity (Wildman–Crippen MR) is 114 cm³/mol. The Hall–Kier alpha value is -3.11. The summed E-state index contributed by atoms with van der Waals surface area (Å²) in [6, 6.07) is 10.9. The summed E-state index contributed by atoms with van der Waals surface area (Å²) >= 11 is 0. The molecule has 0 atom stereocenters. The summed E-state index contributed by atoms with van der Waals surface area (Å²) in [6.07, 6.45) is 0.145. The largest absolute Gasteiger partial charge is 0.497 e. The Kier molecular flexibility index (Phi) is 6.81. The van der Waals surface area contributed by atoms with Gasteiger partial charge >= 0.3 is 0 Å². The van der Waals surface area contributed by atoms with Crippen molar-refractivity contribution in [1.29, 1.82) is 0 Å². The zero-order chi connectivity index (χ0) is 22.6. The highest BCUT2D eigenvalue weighted by Crippen LogP contribution is 2.24. The van der Waals surface area contributed by atoms with E-state index < -0.39 is 10.0 Å². The monoisotopic (exact) mass is 447 g/mol. The van der Waals surface area contributed by atoms with Gasteiger partial charge in [0.05, 0.1) is 25.5 Å². The maximum atomic E-state index is 12.9. The predicted octanol–water partition coefficient (Wildman–Crippen LogP) is 0.878. The van der Waals surface area contributed by atoms with Gasteiger partial charge in [-0.3, -0.25) is 9.59 Å². The molecule has 0 unspecified atom stereocenters. The van der Waals surface area contributed by atoms with Gasteiger partial charge in [0.25, 0.3) is 5.91 Å². The minimum Gasteiger partial charge on any atom is -0.497 e. The molecule has 2 aromatic carbocycles. The van der Waals surface area contributed by atoms with Gasteiger partial charge < -0.3 is 19.3 Å². The van der Waals surface area contributed by atoms with E-state index in [9.17, 15) is 18.0 Å². The summed E-state index contributed by atoms with van der Waals surface area (Å²) in [5.41, 5.74) is 1.16. The Balaban J connectivity index is 1.59. The number of methoxy groups -OCH3 is 2. The molecule has 2 amide bonds. The number of nitrogens with two attached hydrogens (primary N) is 1.